The predicted molar refractivity (Wildman–Crippen MR) is 120 cm³/mol. The Labute approximate surface area is 179 Å². The molecule has 0 aliphatic heterocycles. The monoisotopic (exact) mass is 420 g/mol. The van der Waals surface area contributed by atoms with Crippen molar-refractivity contribution in [3.8, 4) is 0 Å². The molecule has 0 heterocycles. The van der Waals surface area contributed by atoms with Gasteiger partial charge in [-0.05, 0) is 66.4 Å². The number of aryl methyl sites for hydroxylation is 1. The molecule has 1 unspecified atom stereocenters. The summed E-state index contributed by atoms with van der Waals surface area (Å²) in [6.07, 6.45) is 1.56. The number of carbonyl (C=O) groups excluding carboxylic acids is 2. The van der Waals surface area contributed by atoms with Crippen molar-refractivity contribution < 1.29 is 9.59 Å². The molecule has 0 saturated heterocycles. The van der Waals surface area contributed by atoms with Crippen LogP contribution in [0.15, 0.2) is 66.7 Å². The molecule has 1 aliphatic carbocycles. The van der Waals surface area contributed by atoms with Crippen LogP contribution in [0.5, 0.6) is 0 Å². The number of nitrogens with one attached hydrogen (secondary N) is 3. The Balaban J connectivity index is 1.42. The molecule has 7 heteroatoms. The maximum absolute atomic E-state index is 12.6. The molecule has 0 aromatic heterocycles. The van der Waals surface area contributed by atoms with Crippen LogP contribution in [0.3, 0.4) is 0 Å². The van der Waals surface area contributed by atoms with E-state index in [9.17, 15) is 9.59 Å². The number of rotatable bonds is 4. The molecule has 3 aromatic carbocycles. The lowest BCUT2D eigenvalue weighted by Gasteiger charge is -2.15. The number of nitrogen functional groups attached to an aromatic ring is 1. The summed E-state index contributed by atoms with van der Waals surface area (Å²) in [6, 6.07) is 19.3. The van der Waals surface area contributed by atoms with Gasteiger partial charge in [0.05, 0.1) is 17.4 Å². The Hall–Kier alpha value is -3.51. The first-order chi connectivity index (χ1) is 14.5. The fourth-order valence-corrected chi connectivity index (χ4v) is 3.80. The number of halogens is 1. The number of fused-ring (bicyclic) bond motifs is 1. The summed E-state index contributed by atoms with van der Waals surface area (Å²) in [7, 11) is 0. The zero-order valence-electron chi connectivity index (χ0n) is 16.1. The molecule has 4 rings (SSSR count). The highest BCUT2D eigenvalue weighted by molar-refractivity contribution is 6.30. The first kappa shape index (κ1) is 19.8. The summed E-state index contributed by atoms with van der Waals surface area (Å²) in [6.45, 7) is 0. The van der Waals surface area contributed by atoms with E-state index in [0.717, 1.165) is 24.0 Å². The van der Waals surface area contributed by atoms with Gasteiger partial charge in [-0.3, -0.25) is 4.79 Å². The van der Waals surface area contributed by atoms with Crippen molar-refractivity contribution in [1.82, 2.24) is 5.32 Å². The maximum atomic E-state index is 12.6. The molecule has 1 atom stereocenters. The van der Waals surface area contributed by atoms with Gasteiger partial charge in [0.2, 0.25) is 0 Å². The number of hydrogen-bond donors (Lipinski definition) is 4. The maximum Gasteiger partial charge on any atom is 0.319 e. The summed E-state index contributed by atoms with van der Waals surface area (Å²) in [4.78, 5) is 25.0. The van der Waals surface area contributed by atoms with Gasteiger partial charge in [-0.2, -0.15) is 0 Å². The Bertz CT molecular complexity index is 1120. The second-order valence-electron chi connectivity index (χ2n) is 7.16. The van der Waals surface area contributed by atoms with Gasteiger partial charge in [0, 0.05) is 16.3 Å². The third-order valence-corrected chi connectivity index (χ3v) is 5.31. The number of nitrogens with two attached hydrogens (primary N) is 1. The van der Waals surface area contributed by atoms with Gasteiger partial charge in [0.15, 0.2) is 0 Å². The van der Waals surface area contributed by atoms with Crippen LogP contribution in [-0.2, 0) is 6.42 Å². The van der Waals surface area contributed by atoms with Gasteiger partial charge in [-0.25, -0.2) is 4.79 Å². The summed E-state index contributed by atoms with van der Waals surface area (Å²) in [5.41, 5.74) is 10.3. The summed E-state index contributed by atoms with van der Waals surface area (Å²) >= 11 is 5.95. The second-order valence-corrected chi connectivity index (χ2v) is 7.59. The standard InChI is InChI=1S/C23H21ClN4O2/c24-16-4-3-5-17(13-16)26-23(30)28-20-11-9-14-12-15(8-10-18(14)20)22(29)27-21-7-2-1-6-19(21)25/h1-8,10,12-13,20H,9,11,25H2,(H,27,29)(H2,26,28,30). The van der Waals surface area contributed by atoms with Crippen molar-refractivity contribution in [1.29, 1.82) is 0 Å². The molecule has 0 saturated carbocycles. The van der Waals surface area contributed by atoms with Crippen molar-refractivity contribution in [3.05, 3.63) is 88.4 Å². The van der Waals surface area contributed by atoms with Crippen LogP contribution in [-0.4, -0.2) is 11.9 Å². The third-order valence-electron chi connectivity index (χ3n) is 5.08. The average Bonchev–Trinajstić information content (AvgIpc) is 3.11. The molecule has 1 aliphatic rings. The molecule has 0 fully saturated rings. The van der Waals surface area contributed by atoms with Crippen molar-refractivity contribution in [2.75, 3.05) is 16.4 Å². The smallest absolute Gasteiger partial charge is 0.319 e. The Morgan fingerprint density at radius 2 is 1.80 bits per heavy atom. The van der Waals surface area contributed by atoms with Crippen LogP contribution in [0.4, 0.5) is 21.9 Å². The minimum Gasteiger partial charge on any atom is -0.397 e. The van der Waals surface area contributed by atoms with Crippen LogP contribution < -0.4 is 21.7 Å². The molecule has 3 amide bonds. The van der Waals surface area contributed by atoms with Gasteiger partial charge in [-0.15, -0.1) is 0 Å². The lowest BCUT2D eigenvalue weighted by Crippen LogP contribution is -2.31. The summed E-state index contributed by atoms with van der Waals surface area (Å²) < 4.78 is 0. The molecular formula is C23H21ClN4O2. The zero-order valence-corrected chi connectivity index (χ0v) is 16.9. The molecule has 0 spiro atoms. The summed E-state index contributed by atoms with van der Waals surface area (Å²) in [5, 5.41) is 9.18. The number of carbonyl (C=O) groups is 2. The van der Waals surface area contributed by atoms with Crippen LogP contribution in [0.2, 0.25) is 5.02 Å². The van der Waals surface area contributed by atoms with E-state index in [4.69, 9.17) is 17.3 Å². The van der Waals surface area contributed by atoms with E-state index in [1.807, 2.05) is 24.3 Å². The first-order valence-electron chi connectivity index (χ1n) is 9.61. The lowest BCUT2D eigenvalue weighted by atomic mass is 10.0. The van der Waals surface area contributed by atoms with E-state index in [-0.39, 0.29) is 18.0 Å². The van der Waals surface area contributed by atoms with Crippen LogP contribution >= 0.6 is 11.6 Å². The topological polar surface area (TPSA) is 96.2 Å². The second kappa shape index (κ2) is 8.47. The first-order valence-corrected chi connectivity index (χ1v) is 9.99. The Morgan fingerprint density at radius 3 is 2.60 bits per heavy atom. The molecular weight excluding hydrogens is 400 g/mol. The third kappa shape index (κ3) is 4.39. The predicted octanol–water partition coefficient (Wildman–Crippen LogP) is 4.98. The average molecular weight is 421 g/mol. The fraction of sp³-hybridized carbons (Fsp3) is 0.130. The van der Waals surface area contributed by atoms with E-state index < -0.39 is 0 Å². The highest BCUT2D eigenvalue weighted by Crippen LogP contribution is 2.32. The van der Waals surface area contributed by atoms with Crippen molar-refractivity contribution in [3.63, 3.8) is 0 Å². The molecule has 0 bridgehead atoms. The number of hydrogen-bond acceptors (Lipinski definition) is 3. The van der Waals surface area contributed by atoms with Crippen molar-refractivity contribution in [2.24, 2.45) is 0 Å². The quantitative estimate of drug-likeness (QED) is 0.448. The zero-order chi connectivity index (χ0) is 21.1. The van der Waals surface area contributed by atoms with Gasteiger partial charge >= 0.3 is 6.03 Å². The van der Waals surface area contributed by atoms with E-state index in [1.54, 1.807) is 42.5 Å². The minimum atomic E-state index is -0.295. The number of para-hydroxylation sites is 2. The van der Waals surface area contributed by atoms with Crippen LogP contribution in [0, 0.1) is 0 Å². The fourth-order valence-electron chi connectivity index (χ4n) is 3.61. The molecule has 5 N–H and O–H groups in total. The van der Waals surface area contributed by atoms with E-state index in [1.165, 1.54) is 0 Å². The van der Waals surface area contributed by atoms with E-state index in [2.05, 4.69) is 16.0 Å². The van der Waals surface area contributed by atoms with Crippen LogP contribution in [0.25, 0.3) is 0 Å². The molecule has 0 radical (unpaired) electrons. The SMILES string of the molecule is Nc1ccccc1NC(=O)c1ccc2c(c1)CCC2NC(=O)Nc1cccc(Cl)c1. The van der Waals surface area contributed by atoms with Crippen molar-refractivity contribution >= 4 is 40.6 Å². The highest BCUT2D eigenvalue weighted by atomic mass is 35.5. The van der Waals surface area contributed by atoms with Gasteiger partial charge in [0.1, 0.15) is 0 Å². The summed E-state index contributed by atoms with van der Waals surface area (Å²) in [5.74, 6) is -0.217. The van der Waals surface area contributed by atoms with Gasteiger partial charge in [-0.1, -0.05) is 35.9 Å². The van der Waals surface area contributed by atoms with Crippen molar-refractivity contribution in [2.45, 2.75) is 18.9 Å². The van der Waals surface area contributed by atoms with E-state index in [0.29, 0.717) is 27.6 Å². The number of benzene rings is 3. The van der Waals surface area contributed by atoms with Gasteiger partial charge in [0.25, 0.3) is 5.91 Å². The van der Waals surface area contributed by atoms with Crippen LogP contribution in [0.1, 0.15) is 33.9 Å². The molecule has 152 valence electrons. The largest absolute Gasteiger partial charge is 0.397 e. The lowest BCUT2D eigenvalue weighted by molar-refractivity contribution is 0.102. The van der Waals surface area contributed by atoms with E-state index >= 15 is 0 Å². The minimum absolute atomic E-state index is 0.110. The molecule has 30 heavy (non-hydrogen) atoms. The highest BCUT2D eigenvalue weighted by Gasteiger charge is 2.25. The molecule has 6 nitrogen and oxygen atoms in total. The number of anilines is 3. The van der Waals surface area contributed by atoms with Gasteiger partial charge < -0.3 is 21.7 Å². The normalized spacial score (nSPS) is 14.6. The number of urea groups is 1. The Kier molecular flexibility index (Phi) is 5.59. The molecule has 3 aromatic rings. The number of amides is 3. The Morgan fingerprint density at radius 1 is 0.967 bits per heavy atom.